The van der Waals surface area contributed by atoms with Crippen LogP contribution in [0.3, 0.4) is 0 Å². The van der Waals surface area contributed by atoms with Gasteiger partial charge in [-0.1, -0.05) is 30.3 Å². The van der Waals surface area contributed by atoms with Gasteiger partial charge in [-0.2, -0.15) is 0 Å². The number of furan rings is 1. The fourth-order valence-electron chi connectivity index (χ4n) is 3.06. The molecule has 5 nitrogen and oxygen atoms in total. The van der Waals surface area contributed by atoms with Crippen LogP contribution in [0, 0.1) is 6.92 Å². The highest BCUT2D eigenvalue weighted by atomic mass is 32.2. The van der Waals surface area contributed by atoms with Gasteiger partial charge in [-0.25, -0.2) is 8.42 Å². The summed E-state index contributed by atoms with van der Waals surface area (Å²) in [5.41, 5.74) is 2.80. The minimum Gasteiger partial charge on any atom is -0.459 e. The van der Waals surface area contributed by atoms with Gasteiger partial charge < -0.3 is 9.73 Å². The van der Waals surface area contributed by atoms with Crippen LogP contribution < -0.4 is 5.32 Å². The second-order valence-electron chi connectivity index (χ2n) is 6.55. The summed E-state index contributed by atoms with van der Waals surface area (Å²) in [5, 5.41) is 3.95. The Labute approximate surface area is 152 Å². The van der Waals surface area contributed by atoms with E-state index in [1.54, 1.807) is 24.3 Å². The van der Waals surface area contributed by atoms with Gasteiger partial charge in [0.15, 0.2) is 9.84 Å². The van der Waals surface area contributed by atoms with Gasteiger partial charge >= 0.3 is 0 Å². The Bertz CT molecular complexity index is 1070. The number of amides is 1. The lowest BCUT2D eigenvalue weighted by Crippen LogP contribution is -2.26. The molecule has 0 aliphatic carbocycles. The van der Waals surface area contributed by atoms with E-state index in [-0.39, 0.29) is 17.7 Å². The van der Waals surface area contributed by atoms with Crippen LogP contribution in [0.5, 0.6) is 0 Å². The Morgan fingerprint density at radius 2 is 1.88 bits per heavy atom. The second kappa shape index (κ2) is 6.96. The summed E-state index contributed by atoms with van der Waals surface area (Å²) in [6.45, 7) is 3.83. The molecule has 0 saturated heterocycles. The molecule has 1 atom stereocenters. The standard InChI is InChI=1S/C20H21NO4S/c1-13-17-9-4-5-10-18(17)25-19(13)14(2)21-20(22)16-8-6-7-15(11-16)12-26(3,23)24/h4-11,14H,12H2,1-3H3,(H,21,22). The summed E-state index contributed by atoms with van der Waals surface area (Å²) < 4.78 is 28.8. The largest absolute Gasteiger partial charge is 0.459 e. The predicted octanol–water partition coefficient (Wildman–Crippen LogP) is 3.78. The smallest absolute Gasteiger partial charge is 0.251 e. The average Bonchev–Trinajstić information content (AvgIpc) is 2.91. The first-order valence-electron chi connectivity index (χ1n) is 8.30. The molecule has 0 saturated carbocycles. The van der Waals surface area contributed by atoms with E-state index >= 15 is 0 Å². The van der Waals surface area contributed by atoms with Crippen molar-refractivity contribution in [2.24, 2.45) is 0 Å². The number of para-hydroxylation sites is 1. The molecule has 2 aromatic carbocycles. The van der Waals surface area contributed by atoms with Gasteiger partial charge in [-0.3, -0.25) is 4.79 Å². The van der Waals surface area contributed by atoms with Gasteiger partial charge in [0.1, 0.15) is 11.3 Å². The van der Waals surface area contributed by atoms with E-state index < -0.39 is 9.84 Å². The number of aryl methyl sites for hydroxylation is 1. The normalized spacial score (nSPS) is 12.9. The molecule has 0 aliphatic heterocycles. The van der Waals surface area contributed by atoms with E-state index in [0.717, 1.165) is 16.5 Å². The molecule has 1 N–H and O–H groups in total. The van der Waals surface area contributed by atoms with Crippen LogP contribution in [0.25, 0.3) is 11.0 Å². The van der Waals surface area contributed by atoms with E-state index in [1.165, 1.54) is 6.26 Å². The van der Waals surface area contributed by atoms with Crippen molar-refractivity contribution >= 4 is 26.7 Å². The number of fused-ring (bicyclic) bond motifs is 1. The number of nitrogens with one attached hydrogen (secondary N) is 1. The van der Waals surface area contributed by atoms with E-state index in [0.29, 0.717) is 16.9 Å². The molecule has 0 radical (unpaired) electrons. The molecule has 3 aromatic rings. The Balaban J connectivity index is 1.81. The topological polar surface area (TPSA) is 76.4 Å². The number of rotatable bonds is 5. The Morgan fingerprint density at radius 1 is 1.15 bits per heavy atom. The zero-order valence-corrected chi connectivity index (χ0v) is 15.8. The predicted molar refractivity (Wildman–Crippen MR) is 102 cm³/mol. The van der Waals surface area contributed by atoms with Crippen molar-refractivity contribution in [3.63, 3.8) is 0 Å². The fourth-order valence-corrected chi connectivity index (χ4v) is 3.84. The van der Waals surface area contributed by atoms with Gasteiger partial charge in [-0.15, -0.1) is 0 Å². The highest BCUT2D eigenvalue weighted by molar-refractivity contribution is 7.89. The molecule has 136 valence electrons. The quantitative estimate of drug-likeness (QED) is 0.740. The van der Waals surface area contributed by atoms with Gasteiger partial charge in [0, 0.05) is 22.8 Å². The summed E-state index contributed by atoms with van der Waals surface area (Å²) >= 11 is 0. The fraction of sp³-hybridized carbons (Fsp3) is 0.250. The minimum absolute atomic E-state index is 0.0909. The summed E-state index contributed by atoms with van der Waals surface area (Å²) in [6.07, 6.45) is 1.17. The second-order valence-corrected chi connectivity index (χ2v) is 8.69. The van der Waals surface area contributed by atoms with Crippen LogP contribution in [0.2, 0.25) is 0 Å². The highest BCUT2D eigenvalue weighted by Crippen LogP contribution is 2.29. The number of sulfone groups is 1. The minimum atomic E-state index is -3.15. The third-order valence-corrected chi connectivity index (χ3v) is 5.10. The lowest BCUT2D eigenvalue weighted by atomic mass is 10.1. The molecule has 1 aromatic heterocycles. The maximum absolute atomic E-state index is 12.6. The molecule has 1 unspecified atom stereocenters. The Kier molecular flexibility index (Phi) is 4.87. The molecule has 1 amide bonds. The third-order valence-electron chi connectivity index (χ3n) is 4.24. The van der Waals surface area contributed by atoms with E-state index in [4.69, 9.17) is 4.42 Å². The van der Waals surface area contributed by atoms with E-state index in [2.05, 4.69) is 5.32 Å². The molecule has 0 fully saturated rings. The Morgan fingerprint density at radius 3 is 2.58 bits per heavy atom. The van der Waals surface area contributed by atoms with Crippen LogP contribution in [0.15, 0.2) is 52.9 Å². The van der Waals surface area contributed by atoms with Gasteiger partial charge in [0.2, 0.25) is 0 Å². The number of carbonyl (C=O) groups is 1. The molecule has 6 heteroatoms. The number of hydrogen-bond acceptors (Lipinski definition) is 4. The van der Waals surface area contributed by atoms with Crippen molar-refractivity contribution in [2.45, 2.75) is 25.6 Å². The van der Waals surface area contributed by atoms with Crippen molar-refractivity contribution in [1.29, 1.82) is 0 Å². The molecular weight excluding hydrogens is 350 g/mol. The summed E-state index contributed by atoms with van der Waals surface area (Å²) in [4.78, 5) is 12.6. The van der Waals surface area contributed by atoms with Crippen molar-refractivity contribution < 1.29 is 17.6 Å². The number of carbonyl (C=O) groups excluding carboxylic acids is 1. The summed E-state index contributed by atoms with van der Waals surface area (Å²) in [6, 6.07) is 14.1. The maximum Gasteiger partial charge on any atom is 0.251 e. The van der Waals surface area contributed by atoms with Gasteiger partial charge in [0.05, 0.1) is 11.8 Å². The molecule has 1 heterocycles. The summed E-state index contributed by atoms with van der Waals surface area (Å²) in [7, 11) is -3.15. The van der Waals surface area contributed by atoms with Crippen LogP contribution in [-0.4, -0.2) is 20.6 Å². The van der Waals surface area contributed by atoms with Gasteiger partial charge in [0.25, 0.3) is 5.91 Å². The van der Waals surface area contributed by atoms with Gasteiger partial charge in [-0.05, 0) is 37.6 Å². The van der Waals surface area contributed by atoms with Crippen LogP contribution in [0.4, 0.5) is 0 Å². The van der Waals surface area contributed by atoms with Crippen molar-refractivity contribution in [1.82, 2.24) is 5.32 Å². The summed E-state index contributed by atoms with van der Waals surface area (Å²) in [5.74, 6) is 0.353. The van der Waals surface area contributed by atoms with Crippen molar-refractivity contribution in [2.75, 3.05) is 6.26 Å². The maximum atomic E-state index is 12.6. The molecule has 0 aliphatic rings. The van der Waals surface area contributed by atoms with E-state index in [9.17, 15) is 13.2 Å². The molecule has 0 bridgehead atoms. The average molecular weight is 371 g/mol. The zero-order valence-electron chi connectivity index (χ0n) is 14.9. The van der Waals surface area contributed by atoms with Crippen LogP contribution >= 0.6 is 0 Å². The highest BCUT2D eigenvalue weighted by Gasteiger charge is 2.19. The third kappa shape index (κ3) is 3.96. The molecule has 0 spiro atoms. The van der Waals surface area contributed by atoms with Crippen LogP contribution in [0.1, 0.15) is 40.2 Å². The van der Waals surface area contributed by atoms with Crippen molar-refractivity contribution in [3.05, 3.63) is 71.0 Å². The first kappa shape index (κ1) is 18.2. The zero-order chi connectivity index (χ0) is 18.9. The number of benzene rings is 2. The first-order chi connectivity index (χ1) is 12.2. The lowest BCUT2D eigenvalue weighted by Gasteiger charge is -2.13. The monoisotopic (exact) mass is 371 g/mol. The molecule has 3 rings (SSSR count). The van der Waals surface area contributed by atoms with Crippen molar-refractivity contribution in [3.8, 4) is 0 Å². The first-order valence-corrected chi connectivity index (χ1v) is 10.4. The Hall–Kier alpha value is -2.60. The van der Waals surface area contributed by atoms with E-state index in [1.807, 2.05) is 38.1 Å². The number of hydrogen-bond donors (Lipinski definition) is 1. The van der Waals surface area contributed by atoms with Crippen LogP contribution in [-0.2, 0) is 15.6 Å². The molecule has 26 heavy (non-hydrogen) atoms. The SMILES string of the molecule is Cc1c(C(C)NC(=O)c2cccc(CS(C)(=O)=O)c2)oc2ccccc12. The lowest BCUT2D eigenvalue weighted by molar-refractivity contribution is 0.0935. The molecular formula is C20H21NO4S.